The van der Waals surface area contributed by atoms with Gasteiger partial charge in [-0.05, 0) is 66.1 Å². The first-order valence-electron chi connectivity index (χ1n) is 12.1. The van der Waals surface area contributed by atoms with E-state index in [9.17, 15) is 20.1 Å². The van der Waals surface area contributed by atoms with Crippen molar-refractivity contribution in [2.75, 3.05) is 26.3 Å². The van der Waals surface area contributed by atoms with Crippen molar-refractivity contribution in [3.63, 3.8) is 0 Å². The Morgan fingerprint density at radius 1 is 1.11 bits per heavy atom. The highest BCUT2D eigenvalue weighted by atomic mass is 16.6. The smallest absolute Gasteiger partial charge is 0.248 e. The quantitative estimate of drug-likeness (QED) is 0.234. The number of carbonyl (C=O) groups is 1. The zero-order chi connectivity index (χ0) is 26.2. The zero-order valence-electron chi connectivity index (χ0n) is 20.4. The predicted octanol–water partition coefficient (Wildman–Crippen LogP) is 2.21. The Morgan fingerprint density at radius 2 is 1.97 bits per heavy atom. The van der Waals surface area contributed by atoms with E-state index in [1.165, 1.54) is 6.07 Å². The Kier molecular flexibility index (Phi) is 8.97. The maximum absolute atomic E-state index is 11.3. The van der Waals surface area contributed by atoms with E-state index in [1.807, 2.05) is 24.3 Å². The fraction of sp³-hybridized carbons (Fsp3) is 0.321. The number of aliphatic hydroxyl groups excluding tert-OH is 2. The third-order valence-electron chi connectivity index (χ3n) is 6.10. The van der Waals surface area contributed by atoms with E-state index in [0.717, 1.165) is 17.5 Å². The van der Waals surface area contributed by atoms with E-state index >= 15 is 0 Å². The molecule has 0 aliphatic carbocycles. The van der Waals surface area contributed by atoms with Crippen molar-refractivity contribution in [3.8, 4) is 17.2 Å². The second kappa shape index (κ2) is 12.6. The van der Waals surface area contributed by atoms with E-state index in [4.69, 9.17) is 19.9 Å². The van der Waals surface area contributed by atoms with Gasteiger partial charge in [-0.25, -0.2) is 0 Å². The first-order valence-corrected chi connectivity index (χ1v) is 12.1. The fourth-order valence-corrected chi connectivity index (χ4v) is 4.05. The van der Waals surface area contributed by atoms with Gasteiger partial charge in [-0.15, -0.1) is 0 Å². The highest BCUT2D eigenvalue weighted by molar-refractivity contribution is 5.92. The number of primary amides is 1. The number of ether oxygens (including phenoxy) is 3. The van der Waals surface area contributed by atoms with Gasteiger partial charge in [0, 0.05) is 17.7 Å². The first kappa shape index (κ1) is 26.4. The summed E-state index contributed by atoms with van der Waals surface area (Å²) in [6, 6.07) is 17.5. The van der Waals surface area contributed by atoms with Crippen LogP contribution in [0.3, 0.4) is 0 Å². The van der Waals surface area contributed by atoms with Crippen LogP contribution in [0.1, 0.15) is 38.7 Å². The van der Waals surface area contributed by atoms with Crippen LogP contribution in [0.4, 0.5) is 0 Å². The minimum Gasteiger partial charge on any atom is -0.508 e. The Labute approximate surface area is 215 Å². The maximum atomic E-state index is 11.3. The van der Waals surface area contributed by atoms with Crippen molar-refractivity contribution in [2.45, 2.75) is 31.8 Å². The number of aliphatic hydroxyl groups is 2. The topological polar surface area (TPSA) is 144 Å². The number of aromatic hydroxyl groups is 1. The number of nitrogens with one attached hydrogen (secondary N) is 1. The normalized spacial score (nSPS) is 15.4. The predicted molar refractivity (Wildman–Crippen MR) is 137 cm³/mol. The van der Waals surface area contributed by atoms with Gasteiger partial charge in [0.15, 0.2) is 17.6 Å². The third-order valence-corrected chi connectivity index (χ3v) is 6.10. The second-order valence-corrected chi connectivity index (χ2v) is 8.93. The lowest BCUT2D eigenvalue weighted by Gasteiger charge is -2.27. The minimum absolute atomic E-state index is 0.00815. The van der Waals surface area contributed by atoms with E-state index in [2.05, 4.69) is 5.32 Å². The standard InChI is InChI=1S/C28H32N2O7/c29-28(34)21-3-1-2-19(10-21)15-35-16-23-17-36-26-7-4-18(11-27(26)37-23)8-9-30-13-25(33)20-5-6-24(32)22(12-20)14-31/h1-7,10-12,23,25,30-33H,8-9,13-17H2,(H2,29,34)/t23-,25-/m1/s1. The molecule has 6 N–H and O–H groups in total. The molecular weight excluding hydrogens is 476 g/mol. The van der Waals surface area contributed by atoms with Crippen molar-refractivity contribution < 1.29 is 34.3 Å². The number of nitrogens with two attached hydrogens (primary N) is 1. The lowest BCUT2D eigenvalue weighted by atomic mass is 10.1. The summed E-state index contributed by atoms with van der Waals surface area (Å²) in [6.45, 7) is 1.72. The van der Waals surface area contributed by atoms with E-state index in [1.54, 1.807) is 30.3 Å². The lowest BCUT2D eigenvalue weighted by molar-refractivity contribution is 0.00265. The Balaban J connectivity index is 1.22. The number of phenols is 1. The number of fused-ring (bicyclic) bond motifs is 1. The molecule has 0 fully saturated rings. The van der Waals surface area contributed by atoms with Gasteiger partial charge >= 0.3 is 0 Å². The molecule has 196 valence electrons. The second-order valence-electron chi connectivity index (χ2n) is 8.93. The minimum atomic E-state index is -0.759. The molecule has 1 aliphatic heterocycles. The molecule has 1 aliphatic rings. The molecule has 9 nitrogen and oxygen atoms in total. The largest absolute Gasteiger partial charge is 0.508 e. The molecule has 0 spiro atoms. The number of hydrogen-bond donors (Lipinski definition) is 5. The molecule has 4 rings (SSSR count). The highest BCUT2D eigenvalue weighted by Gasteiger charge is 2.21. The number of carbonyl (C=O) groups excluding carboxylic acids is 1. The average Bonchev–Trinajstić information content (AvgIpc) is 2.91. The molecule has 0 radical (unpaired) electrons. The van der Waals surface area contributed by atoms with Crippen LogP contribution >= 0.6 is 0 Å². The molecule has 0 aromatic heterocycles. The fourth-order valence-electron chi connectivity index (χ4n) is 4.05. The van der Waals surface area contributed by atoms with E-state index in [-0.39, 0.29) is 18.5 Å². The summed E-state index contributed by atoms with van der Waals surface area (Å²) in [5.41, 5.74) is 8.69. The van der Waals surface area contributed by atoms with E-state index in [0.29, 0.717) is 61.1 Å². The van der Waals surface area contributed by atoms with Crippen LogP contribution in [0, 0.1) is 0 Å². The molecule has 9 heteroatoms. The lowest BCUT2D eigenvalue weighted by Crippen LogP contribution is -2.33. The van der Waals surface area contributed by atoms with Crippen LogP contribution in [0.2, 0.25) is 0 Å². The number of rotatable bonds is 12. The number of amides is 1. The molecule has 3 aromatic rings. The molecule has 2 atom stereocenters. The van der Waals surface area contributed by atoms with Crippen molar-refractivity contribution >= 4 is 5.91 Å². The van der Waals surface area contributed by atoms with Crippen LogP contribution < -0.4 is 20.5 Å². The van der Waals surface area contributed by atoms with Gasteiger partial charge in [-0.1, -0.05) is 24.3 Å². The molecule has 0 unspecified atom stereocenters. The third kappa shape index (κ3) is 7.21. The van der Waals surface area contributed by atoms with Crippen LogP contribution in [-0.4, -0.2) is 53.6 Å². The van der Waals surface area contributed by atoms with Gasteiger partial charge in [0.25, 0.3) is 0 Å². The summed E-state index contributed by atoms with van der Waals surface area (Å²) in [5.74, 6) is 0.880. The summed E-state index contributed by atoms with van der Waals surface area (Å²) in [4.78, 5) is 11.3. The molecule has 1 amide bonds. The van der Waals surface area contributed by atoms with Crippen LogP contribution in [0.15, 0.2) is 60.7 Å². The van der Waals surface area contributed by atoms with Crippen LogP contribution in [0.5, 0.6) is 17.2 Å². The molecule has 0 saturated carbocycles. The molecule has 37 heavy (non-hydrogen) atoms. The van der Waals surface area contributed by atoms with Gasteiger partial charge in [0.1, 0.15) is 12.4 Å². The van der Waals surface area contributed by atoms with Gasteiger partial charge < -0.3 is 40.6 Å². The highest BCUT2D eigenvalue weighted by Crippen LogP contribution is 2.33. The maximum Gasteiger partial charge on any atom is 0.248 e. The molecule has 0 bridgehead atoms. The first-order chi connectivity index (χ1) is 17.9. The summed E-state index contributed by atoms with van der Waals surface area (Å²) in [6.07, 6.45) is -0.298. The van der Waals surface area contributed by atoms with Gasteiger partial charge in [-0.2, -0.15) is 0 Å². The summed E-state index contributed by atoms with van der Waals surface area (Å²) in [5, 5.41) is 32.6. The SMILES string of the molecule is NC(=O)c1cccc(COC[C@@H]2COc3ccc(CCNC[C@@H](O)c4ccc(O)c(CO)c4)cc3O2)c1. The average molecular weight is 509 g/mol. The van der Waals surface area contributed by atoms with Crippen LogP contribution in [0.25, 0.3) is 0 Å². The molecule has 0 saturated heterocycles. The van der Waals surface area contributed by atoms with Crippen molar-refractivity contribution in [3.05, 3.63) is 88.5 Å². The molecule has 3 aromatic carbocycles. The Hall–Kier alpha value is -3.63. The van der Waals surface area contributed by atoms with Crippen molar-refractivity contribution in [2.24, 2.45) is 5.73 Å². The van der Waals surface area contributed by atoms with Gasteiger partial charge in [0.2, 0.25) is 5.91 Å². The van der Waals surface area contributed by atoms with E-state index < -0.39 is 12.0 Å². The van der Waals surface area contributed by atoms with Gasteiger partial charge in [0.05, 0.1) is 25.9 Å². The monoisotopic (exact) mass is 508 g/mol. The Morgan fingerprint density at radius 3 is 2.78 bits per heavy atom. The zero-order valence-corrected chi connectivity index (χ0v) is 20.4. The summed E-state index contributed by atoms with van der Waals surface area (Å²) >= 11 is 0. The van der Waals surface area contributed by atoms with Gasteiger partial charge in [-0.3, -0.25) is 4.79 Å². The van der Waals surface area contributed by atoms with Crippen LogP contribution in [-0.2, 0) is 24.4 Å². The number of hydrogen-bond acceptors (Lipinski definition) is 8. The summed E-state index contributed by atoms with van der Waals surface area (Å²) in [7, 11) is 0. The molecular formula is C28H32N2O7. The Bertz CT molecular complexity index is 1220. The molecule has 1 heterocycles. The number of benzene rings is 3. The van der Waals surface area contributed by atoms with Crippen molar-refractivity contribution in [1.82, 2.24) is 5.32 Å². The van der Waals surface area contributed by atoms with Crippen molar-refractivity contribution in [1.29, 1.82) is 0 Å². The summed E-state index contributed by atoms with van der Waals surface area (Å²) < 4.78 is 17.7.